The molecule has 3 aromatic rings. The van der Waals surface area contributed by atoms with E-state index in [1.54, 1.807) is 32.2 Å². The van der Waals surface area contributed by atoms with E-state index >= 15 is 0 Å². The second-order valence-electron chi connectivity index (χ2n) is 6.03. The van der Waals surface area contributed by atoms with Crippen molar-refractivity contribution in [2.24, 2.45) is 0 Å². The van der Waals surface area contributed by atoms with E-state index in [9.17, 15) is 8.42 Å². The van der Waals surface area contributed by atoms with Crippen molar-refractivity contribution in [2.45, 2.75) is 28.5 Å². The molecule has 0 unspecified atom stereocenters. The Kier molecular flexibility index (Phi) is 5.77. The number of methoxy groups -OCH3 is 1. The molecule has 0 aliphatic carbocycles. The van der Waals surface area contributed by atoms with Crippen molar-refractivity contribution in [3.05, 3.63) is 77.9 Å². The minimum atomic E-state index is -3.73. The molecule has 140 valence electrons. The molecule has 4 nitrogen and oxygen atoms in total. The number of hydrogen-bond acceptors (Lipinski definition) is 4. The third-order valence-electron chi connectivity index (χ3n) is 4.30. The summed E-state index contributed by atoms with van der Waals surface area (Å²) in [4.78, 5) is 2.14. The van der Waals surface area contributed by atoms with Crippen LogP contribution in [-0.4, -0.2) is 15.5 Å². The molecule has 6 heteroatoms. The summed E-state index contributed by atoms with van der Waals surface area (Å²) in [6, 6.07) is 20.5. The van der Waals surface area contributed by atoms with E-state index in [-0.39, 0.29) is 4.90 Å². The SMILES string of the molecule is COc1ccc(S(=O)(=O)Nc2ccccc2Sc2ccccc2)c(C)c1C. The average molecular weight is 400 g/mol. The van der Waals surface area contributed by atoms with Crippen molar-refractivity contribution in [1.82, 2.24) is 0 Å². The molecule has 1 N–H and O–H groups in total. The van der Waals surface area contributed by atoms with Crippen LogP contribution in [0.25, 0.3) is 0 Å². The maximum atomic E-state index is 13.0. The van der Waals surface area contributed by atoms with Gasteiger partial charge >= 0.3 is 0 Å². The summed E-state index contributed by atoms with van der Waals surface area (Å²) in [5, 5.41) is 0. The monoisotopic (exact) mass is 399 g/mol. The van der Waals surface area contributed by atoms with Crippen LogP contribution >= 0.6 is 11.8 Å². The summed E-state index contributed by atoms with van der Waals surface area (Å²) < 4.78 is 34.1. The van der Waals surface area contributed by atoms with Crippen LogP contribution in [0.15, 0.2) is 81.4 Å². The summed E-state index contributed by atoms with van der Waals surface area (Å²) in [6.07, 6.45) is 0. The van der Waals surface area contributed by atoms with Crippen LogP contribution in [0.3, 0.4) is 0 Å². The highest BCUT2D eigenvalue weighted by Gasteiger charge is 2.21. The van der Waals surface area contributed by atoms with Gasteiger partial charge in [-0.1, -0.05) is 42.1 Å². The fourth-order valence-corrected chi connectivity index (χ4v) is 5.11. The van der Waals surface area contributed by atoms with Crippen LogP contribution in [0.5, 0.6) is 5.75 Å². The van der Waals surface area contributed by atoms with Crippen molar-refractivity contribution >= 4 is 27.5 Å². The largest absolute Gasteiger partial charge is 0.496 e. The lowest BCUT2D eigenvalue weighted by atomic mass is 10.1. The van der Waals surface area contributed by atoms with Gasteiger partial charge in [-0.2, -0.15) is 0 Å². The Morgan fingerprint density at radius 2 is 1.52 bits per heavy atom. The molecule has 0 atom stereocenters. The highest BCUT2D eigenvalue weighted by Crippen LogP contribution is 2.35. The Bertz CT molecular complexity index is 1050. The van der Waals surface area contributed by atoms with Gasteiger partial charge in [-0.25, -0.2) is 8.42 Å². The fraction of sp³-hybridized carbons (Fsp3) is 0.143. The van der Waals surface area contributed by atoms with E-state index < -0.39 is 10.0 Å². The lowest BCUT2D eigenvalue weighted by molar-refractivity contribution is 0.411. The van der Waals surface area contributed by atoms with Gasteiger partial charge in [0, 0.05) is 9.79 Å². The third-order valence-corrected chi connectivity index (χ3v) is 6.89. The molecule has 3 rings (SSSR count). The van der Waals surface area contributed by atoms with Gasteiger partial charge in [-0.3, -0.25) is 4.72 Å². The van der Waals surface area contributed by atoms with Gasteiger partial charge in [0.15, 0.2) is 0 Å². The van der Waals surface area contributed by atoms with E-state index in [0.717, 1.165) is 15.4 Å². The van der Waals surface area contributed by atoms with Gasteiger partial charge in [-0.05, 0) is 61.4 Å². The van der Waals surface area contributed by atoms with E-state index in [1.165, 1.54) is 11.8 Å². The molecule has 0 bridgehead atoms. The molecule has 0 fully saturated rings. The molecular formula is C21H21NO3S2. The highest BCUT2D eigenvalue weighted by molar-refractivity contribution is 7.99. The molecule has 3 aromatic carbocycles. The van der Waals surface area contributed by atoms with Crippen molar-refractivity contribution < 1.29 is 13.2 Å². The summed E-state index contributed by atoms with van der Waals surface area (Å²) in [6.45, 7) is 3.64. The van der Waals surface area contributed by atoms with Crippen molar-refractivity contribution in [3.8, 4) is 5.75 Å². The van der Waals surface area contributed by atoms with Gasteiger partial charge in [0.2, 0.25) is 0 Å². The standard InChI is InChI=1S/C21H21NO3S2/c1-15-16(2)21(14-13-19(15)25-3)27(23,24)22-18-11-7-8-12-20(18)26-17-9-5-4-6-10-17/h4-14,22H,1-3H3. The first-order valence-corrected chi connectivity index (χ1v) is 10.7. The molecule has 27 heavy (non-hydrogen) atoms. The molecule has 0 aliphatic rings. The number of para-hydroxylation sites is 1. The number of ether oxygens (including phenoxy) is 1. The normalized spacial score (nSPS) is 11.2. The first-order chi connectivity index (χ1) is 12.9. The first-order valence-electron chi connectivity index (χ1n) is 8.41. The molecular weight excluding hydrogens is 378 g/mol. The van der Waals surface area contributed by atoms with Gasteiger partial charge in [0.1, 0.15) is 5.75 Å². The smallest absolute Gasteiger partial charge is 0.262 e. The van der Waals surface area contributed by atoms with Crippen LogP contribution in [-0.2, 0) is 10.0 Å². The number of benzene rings is 3. The maximum Gasteiger partial charge on any atom is 0.262 e. The third kappa shape index (κ3) is 4.28. The van der Waals surface area contributed by atoms with E-state index in [4.69, 9.17) is 4.74 Å². The zero-order chi connectivity index (χ0) is 19.4. The molecule has 0 spiro atoms. The molecule has 0 saturated carbocycles. The predicted octanol–water partition coefficient (Wildman–Crippen LogP) is 5.26. The molecule has 0 saturated heterocycles. The summed E-state index contributed by atoms with van der Waals surface area (Å²) >= 11 is 1.52. The minimum Gasteiger partial charge on any atom is -0.496 e. The van der Waals surface area contributed by atoms with Crippen LogP contribution in [0.4, 0.5) is 5.69 Å². The van der Waals surface area contributed by atoms with Gasteiger partial charge < -0.3 is 4.74 Å². The van der Waals surface area contributed by atoms with Gasteiger partial charge in [0.25, 0.3) is 10.0 Å². The average Bonchev–Trinajstić information content (AvgIpc) is 2.66. The lowest BCUT2D eigenvalue weighted by Gasteiger charge is -2.16. The molecule has 0 amide bonds. The number of anilines is 1. The highest BCUT2D eigenvalue weighted by atomic mass is 32.2. The Morgan fingerprint density at radius 3 is 2.22 bits per heavy atom. The Hall–Kier alpha value is -2.44. The molecule has 0 aliphatic heterocycles. The summed E-state index contributed by atoms with van der Waals surface area (Å²) in [5.41, 5.74) is 2.04. The Balaban J connectivity index is 1.94. The minimum absolute atomic E-state index is 0.250. The van der Waals surface area contributed by atoms with Gasteiger partial charge in [0.05, 0.1) is 17.7 Å². The van der Waals surface area contributed by atoms with Gasteiger partial charge in [-0.15, -0.1) is 0 Å². The second-order valence-corrected chi connectivity index (χ2v) is 8.80. The maximum absolute atomic E-state index is 13.0. The van der Waals surface area contributed by atoms with Crippen molar-refractivity contribution in [1.29, 1.82) is 0 Å². The van der Waals surface area contributed by atoms with Crippen molar-refractivity contribution in [3.63, 3.8) is 0 Å². The number of hydrogen-bond donors (Lipinski definition) is 1. The predicted molar refractivity (Wildman–Crippen MR) is 110 cm³/mol. The zero-order valence-corrected chi connectivity index (χ0v) is 17.0. The second kappa shape index (κ2) is 8.06. The molecule has 0 heterocycles. The van der Waals surface area contributed by atoms with Crippen LogP contribution < -0.4 is 9.46 Å². The summed E-state index contributed by atoms with van der Waals surface area (Å²) in [5.74, 6) is 0.673. The van der Waals surface area contributed by atoms with E-state index in [2.05, 4.69) is 4.72 Å². The van der Waals surface area contributed by atoms with Crippen LogP contribution in [0, 0.1) is 13.8 Å². The van der Waals surface area contributed by atoms with Crippen molar-refractivity contribution in [2.75, 3.05) is 11.8 Å². The quantitative estimate of drug-likeness (QED) is 0.614. The summed E-state index contributed by atoms with van der Waals surface area (Å²) in [7, 11) is -2.15. The number of rotatable bonds is 6. The molecule has 0 aromatic heterocycles. The fourth-order valence-electron chi connectivity index (χ4n) is 2.74. The van der Waals surface area contributed by atoms with E-state index in [0.29, 0.717) is 17.0 Å². The van der Waals surface area contributed by atoms with Crippen LogP contribution in [0.2, 0.25) is 0 Å². The number of nitrogens with one attached hydrogen (secondary N) is 1. The first kappa shape index (κ1) is 19.3. The number of sulfonamides is 1. The lowest BCUT2D eigenvalue weighted by Crippen LogP contribution is -2.15. The topological polar surface area (TPSA) is 55.4 Å². The Labute approximate surface area is 164 Å². The zero-order valence-electron chi connectivity index (χ0n) is 15.4. The molecule has 0 radical (unpaired) electrons. The van der Waals surface area contributed by atoms with Crippen LogP contribution in [0.1, 0.15) is 11.1 Å². The Morgan fingerprint density at radius 1 is 0.852 bits per heavy atom. The van der Waals surface area contributed by atoms with E-state index in [1.807, 2.05) is 55.5 Å².